The fraction of sp³-hybridized carbons (Fsp3) is 1.00. The summed E-state index contributed by atoms with van der Waals surface area (Å²) >= 11 is 4.36. The molecule has 0 amide bonds. The van der Waals surface area contributed by atoms with Crippen molar-refractivity contribution in [2.45, 2.75) is 59.0 Å². The van der Waals surface area contributed by atoms with Gasteiger partial charge in [-0.15, -0.1) is 0 Å². The Hall–Kier alpha value is 0.280. The van der Waals surface area contributed by atoms with E-state index in [2.05, 4.69) is 26.5 Å². The molecule has 0 N–H and O–H groups in total. The molecule has 2 atom stereocenters. The van der Waals surface area contributed by atoms with Crippen LogP contribution in [0.3, 0.4) is 0 Å². The van der Waals surface area contributed by atoms with E-state index in [9.17, 15) is 4.39 Å². The summed E-state index contributed by atoms with van der Waals surface area (Å²) in [6, 6.07) is 0. The third-order valence-corrected chi connectivity index (χ3v) is 3.63. The van der Waals surface area contributed by atoms with Gasteiger partial charge in [0, 0.05) is 0 Å². The van der Waals surface area contributed by atoms with Crippen molar-refractivity contribution in [2.75, 3.05) is 5.75 Å². The Kier molecular flexibility index (Phi) is 6.84. The monoisotopic (exact) mass is 206 g/mol. The molecule has 13 heavy (non-hydrogen) atoms. The first kappa shape index (κ1) is 13.3. The van der Waals surface area contributed by atoms with Crippen molar-refractivity contribution in [1.29, 1.82) is 0 Å². The number of thiol groups is 1. The van der Waals surface area contributed by atoms with Crippen molar-refractivity contribution in [3.8, 4) is 0 Å². The first-order chi connectivity index (χ1) is 6.14. The highest BCUT2D eigenvalue weighted by Crippen LogP contribution is 2.36. The highest BCUT2D eigenvalue weighted by Gasteiger charge is 2.28. The van der Waals surface area contributed by atoms with Crippen molar-refractivity contribution in [2.24, 2.45) is 5.41 Å². The Morgan fingerprint density at radius 2 is 1.92 bits per heavy atom. The Labute approximate surface area is 87.7 Å². The molecule has 0 aliphatic heterocycles. The standard InChI is InChI=1S/C11H23FS/c1-4-7-11(6-3,9-13)8-10(12)5-2/h10,13H,4-9H2,1-3H3. The smallest absolute Gasteiger partial charge is 0.100 e. The van der Waals surface area contributed by atoms with Gasteiger partial charge in [-0.2, -0.15) is 12.6 Å². The number of halogens is 1. The molecule has 0 bridgehead atoms. The first-order valence-corrected chi connectivity index (χ1v) is 6.02. The molecule has 0 nitrogen and oxygen atoms in total. The van der Waals surface area contributed by atoms with Gasteiger partial charge in [0.1, 0.15) is 6.17 Å². The second-order valence-corrected chi connectivity index (χ2v) is 4.29. The lowest BCUT2D eigenvalue weighted by Crippen LogP contribution is -2.26. The number of alkyl halides is 1. The van der Waals surface area contributed by atoms with E-state index in [-0.39, 0.29) is 5.41 Å². The summed E-state index contributed by atoms with van der Waals surface area (Å²) < 4.78 is 13.3. The van der Waals surface area contributed by atoms with E-state index in [1.54, 1.807) is 0 Å². The largest absolute Gasteiger partial charge is 0.247 e. The Balaban J connectivity index is 4.19. The second kappa shape index (κ2) is 6.69. The van der Waals surface area contributed by atoms with E-state index >= 15 is 0 Å². The maximum atomic E-state index is 13.3. The highest BCUT2D eigenvalue weighted by molar-refractivity contribution is 7.80. The van der Waals surface area contributed by atoms with Crippen molar-refractivity contribution in [3.63, 3.8) is 0 Å². The summed E-state index contributed by atoms with van der Waals surface area (Å²) in [5.41, 5.74) is 0.146. The molecule has 0 aromatic heterocycles. The summed E-state index contributed by atoms with van der Waals surface area (Å²) in [4.78, 5) is 0. The molecule has 0 rings (SSSR count). The lowest BCUT2D eigenvalue weighted by Gasteiger charge is -2.32. The summed E-state index contributed by atoms with van der Waals surface area (Å²) in [5, 5.41) is 0. The fourth-order valence-electron chi connectivity index (χ4n) is 1.82. The molecule has 0 fully saturated rings. The van der Waals surface area contributed by atoms with Crippen LogP contribution in [-0.2, 0) is 0 Å². The molecule has 0 saturated heterocycles. The molecule has 0 radical (unpaired) electrons. The zero-order chi connectivity index (χ0) is 10.3. The maximum absolute atomic E-state index is 13.3. The van der Waals surface area contributed by atoms with E-state index < -0.39 is 6.17 Å². The molecule has 0 saturated carbocycles. The second-order valence-electron chi connectivity index (χ2n) is 3.97. The van der Waals surface area contributed by atoms with Crippen molar-refractivity contribution >= 4 is 12.6 Å². The SMILES string of the molecule is CCCC(CC)(CS)CC(F)CC. The zero-order valence-corrected chi connectivity index (χ0v) is 10.0. The molecule has 2 heteroatoms. The Bertz CT molecular complexity index is 121. The normalized spacial score (nSPS) is 18.2. The molecule has 0 aliphatic carbocycles. The molecular weight excluding hydrogens is 183 g/mol. The minimum atomic E-state index is -0.640. The van der Waals surface area contributed by atoms with E-state index in [1.807, 2.05) is 6.92 Å². The van der Waals surface area contributed by atoms with Gasteiger partial charge in [-0.25, -0.2) is 4.39 Å². The molecule has 0 aromatic rings. The van der Waals surface area contributed by atoms with Crippen molar-refractivity contribution in [3.05, 3.63) is 0 Å². The van der Waals surface area contributed by atoms with Crippen LogP contribution < -0.4 is 0 Å². The molecule has 0 aliphatic rings. The third kappa shape index (κ3) is 4.35. The molecule has 0 aromatic carbocycles. The summed E-state index contributed by atoms with van der Waals surface area (Å²) in [7, 11) is 0. The van der Waals surface area contributed by atoms with Crippen molar-refractivity contribution < 1.29 is 4.39 Å². The zero-order valence-electron chi connectivity index (χ0n) is 9.15. The Morgan fingerprint density at radius 1 is 1.31 bits per heavy atom. The highest BCUT2D eigenvalue weighted by atomic mass is 32.1. The van der Waals surface area contributed by atoms with Gasteiger partial charge in [0.25, 0.3) is 0 Å². The molecular formula is C11H23FS. The first-order valence-electron chi connectivity index (χ1n) is 5.39. The number of rotatable bonds is 7. The van der Waals surface area contributed by atoms with Gasteiger partial charge in [0.05, 0.1) is 0 Å². The van der Waals surface area contributed by atoms with Crippen LogP contribution in [0, 0.1) is 5.41 Å². The van der Waals surface area contributed by atoms with Gasteiger partial charge < -0.3 is 0 Å². The Morgan fingerprint density at radius 3 is 2.23 bits per heavy atom. The van der Waals surface area contributed by atoms with Crippen LogP contribution in [0.5, 0.6) is 0 Å². The van der Waals surface area contributed by atoms with E-state index in [4.69, 9.17) is 0 Å². The van der Waals surface area contributed by atoms with Crippen LogP contribution in [0.4, 0.5) is 4.39 Å². The van der Waals surface area contributed by atoms with Gasteiger partial charge in [0.2, 0.25) is 0 Å². The third-order valence-electron chi connectivity index (χ3n) is 2.96. The van der Waals surface area contributed by atoms with Crippen LogP contribution in [0.25, 0.3) is 0 Å². The summed E-state index contributed by atoms with van der Waals surface area (Å²) in [6.07, 6.45) is 3.97. The van der Waals surface area contributed by atoms with Crippen LogP contribution in [0.2, 0.25) is 0 Å². The predicted octanol–water partition coefficient (Wildman–Crippen LogP) is 4.25. The summed E-state index contributed by atoms with van der Waals surface area (Å²) in [5.74, 6) is 0.817. The summed E-state index contributed by atoms with van der Waals surface area (Å²) in [6.45, 7) is 6.22. The van der Waals surface area contributed by atoms with Crippen LogP contribution in [0.1, 0.15) is 52.9 Å². The van der Waals surface area contributed by atoms with Gasteiger partial charge in [-0.05, 0) is 36.9 Å². The van der Waals surface area contributed by atoms with Crippen LogP contribution in [-0.4, -0.2) is 11.9 Å². The molecule has 2 unspecified atom stereocenters. The van der Waals surface area contributed by atoms with E-state index in [0.717, 1.165) is 25.0 Å². The van der Waals surface area contributed by atoms with Gasteiger partial charge >= 0.3 is 0 Å². The van der Waals surface area contributed by atoms with Gasteiger partial charge in [-0.1, -0.05) is 27.2 Å². The number of hydrogen-bond acceptors (Lipinski definition) is 1. The van der Waals surface area contributed by atoms with E-state index in [0.29, 0.717) is 12.8 Å². The molecule has 0 spiro atoms. The quantitative estimate of drug-likeness (QED) is 0.591. The van der Waals surface area contributed by atoms with Gasteiger partial charge in [-0.3, -0.25) is 0 Å². The minimum Gasteiger partial charge on any atom is -0.247 e. The maximum Gasteiger partial charge on any atom is 0.100 e. The minimum absolute atomic E-state index is 0.146. The topological polar surface area (TPSA) is 0 Å². The van der Waals surface area contributed by atoms with Crippen LogP contribution >= 0.6 is 12.6 Å². The average molecular weight is 206 g/mol. The number of hydrogen-bond donors (Lipinski definition) is 1. The molecule has 0 heterocycles. The fourth-order valence-corrected chi connectivity index (χ4v) is 2.33. The predicted molar refractivity (Wildman–Crippen MR) is 61.3 cm³/mol. The van der Waals surface area contributed by atoms with Crippen molar-refractivity contribution in [1.82, 2.24) is 0 Å². The van der Waals surface area contributed by atoms with E-state index in [1.165, 1.54) is 0 Å². The van der Waals surface area contributed by atoms with Crippen LogP contribution in [0.15, 0.2) is 0 Å². The lowest BCUT2D eigenvalue weighted by atomic mass is 9.78. The lowest BCUT2D eigenvalue weighted by molar-refractivity contribution is 0.173. The van der Waals surface area contributed by atoms with Gasteiger partial charge in [0.15, 0.2) is 0 Å². The molecule has 80 valence electrons. The average Bonchev–Trinajstić information content (AvgIpc) is 2.17.